The van der Waals surface area contributed by atoms with Crippen molar-refractivity contribution in [2.75, 3.05) is 11.9 Å². The van der Waals surface area contributed by atoms with Gasteiger partial charge in [0.2, 0.25) is 0 Å². The summed E-state index contributed by atoms with van der Waals surface area (Å²) in [6.07, 6.45) is 2.93. The first kappa shape index (κ1) is 11.5. The maximum Gasteiger partial charge on any atom is 0.128 e. The van der Waals surface area contributed by atoms with Crippen molar-refractivity contribution >= 4 is 21.7 Å². The number of rotatable bonds is 3. The van der Waals surface area contributed by atoms with Gasteiger partial charge in [-0.25, -0.2) is 4.98 Å². The lowest BCUT2D eigenvalue weighted by Gasteiger charge is -2.35. The molecule has 78 valence electrons. The highest BCUT2D eigenvalue weighted by Crippen LogP contribution is 2.23. The molecule has 0 aliphatic rings. The Labute approximate surface area is 94.5 Å². The highest BCUT2D eigenvalue weighted by Gasteiger charge is 2.21. The SMILES string of the molecule is CCC(C)(C)N(C)c1ccc(Br)cn1. The van der Waals surface area contributed by atoms with E-state index in [1.807, 2.05) is 18.3 Å². The second-order valence-corrected chi connectivity index (χ2v) is 4.98. The van der Waals surface area contributed by atoms with E-state index in [0.717, 1.165) is 16.7 Å². The standard InChI is InChI=1S/C11H17BrN2/c1-5-11(2,3)14(4)10-7-6-9(12)8-13-10/h6-8H,5H2,1-4H3. The maximum absolute atomic E-state index is 4.37. The van der Waals surface area contributed by atoms with Gasteiger partial charge in [0.25, 0.3) is 0 Å². The predicted octanol–water partition coefficient (Wildman–Crippen LogP) is 3.47. The first-order valence-electron chi connectivity index (χ1n) is 4.83. The molecule has 1 heterocycles. The molecule has 0 N–H and O–H groups in total. The van der Waals surface area contributed by atoms with Gasteiger partial charge in [-0.05, 0) is 48.3 Å². The molecule has 0 bridgehead atoms. The van der Waals surface area contributed by atoms with Gasteiger partial charge in [0, 0.05) is 23.3 Å². The van der Waals surface area contributed by atoms with Gasteiger partial charge in [-0.1, -0.05) is 6.92 Å². The topological polar surface area (TPSA) is 16.1 Å². The van der Waals surface area contributed by atoms with Crippen molar-refractivity contribution in [2.24, 2.45) is 0 Å². The molecule has 0 aliphatic carbocycles. The highest BCUT2D eigenvalue weighted by atomic mass is 79.9. The van der Waals surface area contributed by atoms with Crippen LogP contribution in [0.2, 0.25) is 0 Å². The molecule has 0 spiro atoms. The fraction of sp³-hybridized carbons (Fsp3) is 0.545. The molecule has 1 aromatic heterocycles. The van der Waals surface area contributed by atoms with E-state index in [9.17, 15) is 0 Å². The minimum absolute atomic E-state index is 0.154. The Hall–Kier alpha value is -0.570. The van der Waals surface area contributed by atoms with Gasteiger partial charge in [0.05, 0.1) is 0 Å². The van der Waals surface area contributed by atoms with Crippen LogP contribution in [0, 0.1) is 0 Å². The lowest BCUT2D eigenvalue weighted by Crippen LogP contribution is -2.40. The summed E-state index contributed by atoms with van der Waals surface area (Å²) in [5, 5.41) is 0. The molecule has 0 aliphatic heterocycles. The molecule has 1 aromatic rings. The van der Waals surface area contributed by atoms with Crippen molar-refractivity contribution < 1.29 is 0 Å². The van der Waals surface area contributed by atoms with E-state index in [2.05, 4.69) is 53.6 Å². The van der Waals surface area contributed by atoms with Gasteiger partial charge in [-0.3, -0.25) is 0 Å². The number of nitrogens with zero attached hydrogens (tertiary/aromatic N) is 2. The summed E-state index contributed by atoms with van der Waals surface area (Å²) in [6.45, 7) is 6.63. The van der Waals surface area contributed by atoms with Gasteiger partial charge >= 0.3 is 0 Å². The minimum atomic E-state index is 0.154. The Bertz CT molecular complexity index is 293. The third-order valence-electron chi connectivity index (χ3n) is 2.83. The van der Waals surface area contributed by atoms with Crippen LogP contribution in [0.4, 0.5) is 5.82 Å². The molecule has 0 fully saturated rings. The quantitative estimate of drug-likeness (QED) is 0.824. The van der Waals surface area contributed by atoms with E-state index >= 15 is 0 Å². The number of hydrogen-bond donors (Lipinski definition) is 0. The van der Waals surface area contributed by atoms with Crippen molar-refractivity contribution in [3.05, 3.63) is 22.8 Å². The average Bonchev–Trinajstić information content (AvgIpc) is 2.18. The molecule has 2 nitrogen and oxygen atoms in total. The second kappa shape index (κ2) is 4.30. The first-order chi connectivity index (χ1) is 6.47. The Morgan fingerprint density at radius 1 is 1.43 bits per heavy atom. The monoisotopic (exact) mass is 256 g/mol. The molecule has 3 heteroatoms. The smallest absolute Gasteiger partial charge is 0.128 e. The van der Waals surface area contributed by atoms with Crippen molar-refractivity contribution in [3.8, 4) is 0 Å². The Kier molecular flexibility index (Phi) is 3.53. The van der Waals surface area contributed by atoms with Gasteiger partial charge < -0.3 is 4.90 Å². The molecule has 0 atom stereocenters. The Morgan fingerprint density at radius 3 is 2.50 bits per heavy atom. The second-order valence-electron chi connectivity index (χ2n) is 4.06. The van der Waals surface area contributed by atoms with E-state index in [1.54, 1.807) is 0 Å². The zero-order valence-electron chi connectivity index (χ0n) is 9.21. The number of aromatic nitrogens is 1. The zero-order chi connectivity index (χ0) is 10.8. The Balaban J connectivity index is 2.89. The minimum Gasteiger partial charge on any atom is -0.355 e. The van der Waals surface area contributed by atoms with Crippen LogP contribution in [0.1, 0.15) is 27.2 Å². The molecule has 1 rings (SSSR count). The molecular weight excluding hydrogens is 240 g/mol. The van der Waals surface area contributed by atoms with Gasteiger partial charge in [-0.2, -0.15) is 0 Å². The van der Waals surface area contributed by atoms with E-state index in [0.29, 0.717) is 0 Å². The van der Waals surface area contributed by atoms with E-state index in [-0.39, 0.29) is 5.54 Å². The van der Waals surface area contributed by atoms with Crippen LogP contribution in [-0.2, 0) is 0 Å². The van der Waals surface area contributed by atoms with Crippen molar-refractivity contribution in [3.63, 3.8) is 0 Å². The van der Waals surface area contributed by atoms with Crippen LogP contribution < -0.4 is 4.90 Å². The molecule has 0 radical (unpaired) electrons. The van der Waals surface area contributed by atoms with Crippen molar-refractivity contribution in [1.82, 2.24) is 4.98 Å². The van der Waals surface area contributed by atoms with E-state index < -0.39 is 0 Å². The average molecular weight is 257 g/mol. The van der Waals surface area contributed by atoms with E-state index in [1.165, 1.54) is 0 Å². The normalized spacial score (nSPS) is 11.5. The van der Waals surface area contributed by atoms with Crippen LogP contribution in [0.5, 0.6) is 0 Å². The lowest BCUT2D eigenvalue weighted by atomic mass is 10.0. The lowest BCUT2D eigenvalue weighted by molar-refractivity contribution is 0.467. The summed E-state index contributed by atoms with van der Waals surface area (Å²) in [4.78, 5) is 6.58. The summed E-state index contributed by atoms with van der Waals surface area (Å²) in [7, 11) is 2.08. The first-order valence-corrected chi connectivity index (χ1v) is 5.62. The Morgan fingerprint density at radius 2 is 2.07 bits per heavy atom. The number of anilines is 1. The summed E-state index contributed by atoms with van der Waals surface area (Å²) < 4.78 is 1.02. The van der Waals surface area contributed by atoms with Crippen LogP contribution >= 0.6 is 15.9 Å². The molecule has 0 amide bonds. The molecule has 0 unspecified atom stereocenters. The number of hydrogen-bond acceptors (Lipinski definition) is 2. The third kappa shape index (κ3) is 2.47. The predicted molar refractivity (Wildman–Crippen MR) is 64.7 cm³/mol. The summed E-state index contributed by atoms with van der Waals surface area (Å²) in [5.74, 6) is 1.01. The van der Waals surface area contributed by atoms with Gasteiger partial charge in [0.1, 0.15) is 5.82 Å². The van der Waals surface area contributed by atoms with Gasteiger partial charge in [-0.15, -0.1) is 0 Å². The third-order valence-corrected chi connectivity index (χ3v) is 3.30. The number of pyridine rings is 1. The number of halogens is 1. The molecule has 14 heavy (non-hydrogen) atoms. The molecule has 0 saturated carbocycles. The van der Waals surface area contributed by atoms with E-state index in [4.69, 9.17) is 0 Å². The summed E-state index contributed by atoms with van der Waals surface area (Å²) in [5.41, 5.74) is 0.154. The molecule has 0 aromatic carbocycles. The van der Waals surface area contributed by atoms with Crippen molar-refractivity contribution in [1.29, 1.82) is 0 Å². The fourth-order valence-electron chi connectivity index (χ4n) is 1.11. The zero-order valence-corrected chi connectivity index (χ0v) is 10.8. The van der Waals surface area contributed by atoms with Crippen LogP contribution in [0.3, 0.4) is 0 Å². The fourth-order valence-corrected chi connectivity index (χ4v) is 1.35. The summed E-state index contributed by atoms with van der Waals surface area (Å²) >= 11 is 3.38. The van der Waals surface area contributed by atoms with Crippen LogP contribution in [0.15, 0.2) is 22.8 Å². The maximum atomic E-state index is 4.37. The highest BCUT2D eigenvalue weighted by molar-refractivity contribution is 9.10. The van der Waals surface area contributed by atoms with Crippen LogP contribution in [0.25, 0.3) is 0 Å². The molecular formula is C11H17BrN2. The largest absolute Gasteiger partial charge is 0.355 e. The van der Waals surface area contributed by atoms with Crippen LogP contribution in [-0.4, -0.2) is 17.6 Å². The van der Waals surface area contributed by atoms with Crippen molar-refractivity contribution in [2.45, 2.75) is 32.7 Å². The summed E-state index contributed by atoms with van der Waals surface area (Å²) in [6, 6.07) is 4.05. The molecule has 0 saturated heterocycles. The van der Waals surface area contributed by atoms with Gasteiger partial charge in [0.15, 0.2) is 0 Å².